The number of ether oxygens (including phenoxy) is 2. The van der Waals surface area contributed by atoms with Gasteiger partial charge in [0.2, 0.25) is 5.91 Å². The van der Waals surface area contributed by atoms with Crippen LogP contribution < -0.4 is 10.1 Å². The lowest BCUT2D eigenvalue weighted by Gasteiger charge is -2.13. The maximum Gasteiger partial charge on any atom is 0.250 e. The van der Waals surface area contributed by atoms with Crippen LogP contribution in [-0.4, -0.2) is 36.7 Å². The van der Waals surface area contributed by atoms with Crippen molar-refractivity contribution in [2.75, 3.05) is 26.1 Å². The van der Waals surface area contributed by atoms with E-state index in [9.17, 15) is 4.79 Å². The number of aromatic nitrogens is 2. The fourth-order valence-corrected chi connectivity index (χ4v) is 2.76. The molecule has 134 valence electrons. The monoisotopic (exact) mass is 351 g/mol. The number of rotatable bonds is 5. The van der Waals surface area contributed by atoms with Crippen molar-refractivity contribution in [1.82, 2.24) is 9.97 Å². The standard InChI is InChI=1S/C20H21N3O3/c1-12-5-6-15(21-10-12)17-7-13(2)14-8-19(26-4)18(9-16(14)22-17)23-20(24)11-25-3/h5-10H,11H2,1-4H3,(H,23,24). The molecule has 1 amide bonds. The van der Waals surface area contributed by atoms with Gasteiger partial charge >= 0.3 is 0 Å². The number of anilines is 1. The van der Waals surface area contributed by atoms with Crippen LogP contribution in [0.15, 0.2) is 36.5 Å². The second-order valence-electron chi connectivity index (χ2n) is 6.10. The van der Waals surface area contributed by atoms with E-state index in [1.807, 2.05) is 50.4 Å². The molecule has 0 saturated heterocycles. The largest absolute Gasteiger partial charge is 0.495 e. The van der Waals surface area contributed by atoms with Gasteiger partial charge in [-0.15, -0.1) is 0 Å². The third kappa shape index (κ3) is 3.65. The SMILES string of the molecule is COCC(=O)Nc1cc2nc(-c3ccc(C)cn3)cc(C)c2cc1OC. The van der Waals surface area contributed by atoms with Crippen molar-refractivity contribution in [2.45, 2.75) is 13.8 Å². The van der Waals surface area contributed by atoms with E-state index in [0.29, 0.717) is 11.4 Å². The minimum absolute atomic E-state index is 0.0268. The summed E-state index contributed by atoms with van der Waals surface area (Å²) in [6.45, 7) is 3.99. The van der Waals surface area contributed by atoms with Gasteiger partial charge in [-0.05, 0) is 49.2 Å². The van der Waals surface area contributed by atoms with Gasteiger partial charge in [0.05, 0.1) is 29.7 Å². The molecule has 0 aliphatic carbocycles. The van der Waals surface area contributed by atoms with Crippen LogP contribution in [0.5, 0.6) is 5.75 Å². The molecule has 0 aliphatic rings. The normalized spacial score (nSPS) is 10.8. The Labute approximate surface area is 152 Å². The number of fused-ring (bicyclic) bond motifs is 1. The maximum absolute atomic E-state index is 11.9. The second-order valence-corrected chi connectivity index (χ2v) is 6.10. The zero-order valence-electron chi connectivity index (χ0n) is 15.3. The Bertz CT molecular complexity index is 953. The first kappa shape index (κ1) is 17.8. The highest BCUT2D eigenvalue weighted by molar-refractivity contribution is 5.97. The lowest BCUT2D eigenvalue weighted by molar-refractivity contribution is -0.119. The number of carbonyl (C=O) groups is 1. The van der Waals surface area contributed by atoms with Crippen molar-refractivity contribution in [2.24, 2.45) is 0 Å². The smallest absolute Gasteiger partial charge is 0.250 e. The van der Waals surface area contributed by atoms with E-state index < -0.39 is 0 Å². The van der Waals surface area contributed by atoms with Gasteiger partial charge in [0.1, 0.15) is 12.4 Å². The second kappa shape index (κ2) is 7.49. The van der Waals surface area contributed by atoms with Gasteiger partial charge in [-0.2, -0.15) is 0 Å². The van der Waals surface area contributed by atoms with Crippen molar-refractivity contribution in [3.63, 3.8) is 0 Å². The number of hydrogen-bond donors (Lipinski definition) is 1. The molecule has 1 aromatic carbocycles. The van der Waals surface area contributed by atoms with Crippen molar-refractivity contribution < 1.29 is 14.3 Å². The summed E-state index contributed by atoms with van der Waals surface area (Å²) >= 11 is 0. The summed E-state index contributed by atoms with van der Waals surface area (Å²) in [4.78, 5) is 21.1. The molecule has 6 nitrogen and oxygen atoms in total. The Hall–Kier alpha value is -2.99. The van der Waals surface area contributed by atoms with E-state index in [1.165, 1.54) is 7.11 Å². The van der Waals surface area contributed by atoms with E-state index in [-0.39, 0.29) is 12.5 Å². The maximum atomic E-state index is 11.9. The van der Waals surface area contributed by atoms with Gasteiger partial charge in [0.25, 0.3) is 0 Å². The molecular formula is C20H21N3O3. The van der Waals surface area contributed by atoms with Crippen molar-refractivity contribution >= 4 is 22.5 Å². The van der Waals surface area contributed by atoms with Crippen LogP contribution in [0.25, 0.3) is 22.3 Å². The molecular weight excluding hydrogens is 330 g/mol. The van der Waals surface area contributed by atoms with Crippen molar-refractivity contribution in [1.29, 1.82) is 0 Å². The number of hydrogen-bond acceptors (Lipinski definition) is 5. The predicted octanol–water partition coefficient (Wildman–Crippen LogP) is 3.51. The number of benzene rings is 1. The first-order chi connectivity index (χ1) is 12.5. The number of pyridine rings is 2. The Kier molecular flexibility index (Phi) is 5.14. The van der Waals surface area contributed by atoms with E-state index in [2.05, 4.69) is 10.3 Å². The van der Waals surface area contributed by atoms with Crippen LogP contribution >= 0.6 is 0 Å². The summed E-state index contributed by atoms with van der Waals surface area (Å²) in [6, 6.07) is 9.66. The van der Waals surface area contributed by atoms with Crippen molar-refractivity contribution in [3.8, 4) is 17.1 Å². The van der Waals surface area contributed by atoms with E-state index in [0.717, 1.165) is 33.4 Å². The van der Waals surface area contributed by atoms with Crippen molar-refractivity contribution in [3.05, 3.63) is 47.7 Å². The summed E-state index contributed by atoms with van der Waals surface area (Å²) in [5, 5.41) is 3.76. The molecule has 3 aromatic rings. The van der Waals surface area contributed by atoms with Gasteiger partial charge in [-0.25, -0.2) is 4.98 Å². The number of nitrogens with one attached hydrogen (secondary N) is 1. The van der Waals surface area contributed by atoms with Gasteiger partial charge in [0.15, 0.2) is 0 Å². The zero-order valence-corrected chi connectivity index (χ0v) is 15.3. The lowest BCUT2D eigenvalue weighted by atomic mass is 10.1. The van der Waals surface area contributed by atoms with E-state index in [1.54, 1.807) is 7.11 Å². The molecule has 0 aliphatic heterocycles. The molecule has 2 aromatic heterocycles. The van der Waals surface area contributed by atoms with E-state index >= 15 is 0 Å². The fraction of sp³-hybridized carbons (Fsp3) is 0.250. The zero-order chi connectivity index (χ0) is 18.7. The highest BCUT2D eigenvalue weighted by Crippen LogP contribution is 2.32. The number of aryl methyl sites for hydroxylation is 2. The van der Waals surface area contributed by atoms with Crippen LogP contribution in [0.3, 0.4) is 0 Å². The minimum atomic E-state index is -0.252. The van der Waals surface area contributed by atoms with Gasteiger partial charge in [0, 0.05) is 18.7 Å². The molecule has 6 heteroatoms. The fourth-order valence-electron chi connectivity index (χ4n) is 2.76. The summed E-state index contributed by atoms with van der Waals surface area (Å²) in [7, 11) is 3.05. The van der Waals surface area contributed by atoms with Crippen LogP contribution in [0.4, 0.5) is 5.69 Å². The van der Waals surface area contributed by atoms with Crippen LogP contribution in [0, 0.1) is 13.8 Å². The van der Waals surface area contributed by atoms with Crippen LogP contribution in [-0.2, 0) is 9.53 Å². The van der Waals surface area contributed by atoms with Gasteiger partial charge < -0.3 is 14.8 Å². The predicted molar refractivity (Wildman–Crippen MR) is 102 cm³/mol. The van der Waals surface area contributed by atoms with Crippen LogP contribution in [0.2, 0.25) is 0 Å². The molecule has 0 atom stereocenters. The highest BCUT2D eigenvalue weighted by atomic mass is 16.5. The molecule has 0 spiro atoms. The molecule has 0 saturated carbocycles. The Balaban J connectivity index is 2.10. The molecule has 3 rings (SSSR count). The summed E-state index contributed by atoms with van der Waals surface area (Å²) < 4.78 is 10.3. The van der Waals surface area contributed by atoms with Crippen LogP contribution in [0.1, 0.15) is 11.1 Å². The third-order valence-corrected chi connectivity index (χ3v) is 4.06. The topological polar surface area (TPSA) is 73.3 Å². The Morgan fingerprint density at radius 1 is 1.12 bits per heavy atom. The lowest BCUT2D eigenvalue weighted by Crippen LogP contribution is -2.17. The first-order valence-corrected chi connectivity index (χ1v) is 8.23. The quantitative estimate of drug-likeness (QED) is 0.761. The third-order valence-electron chi connectivity index (χ3n) is 4.06. The molecule has 0 bridgehead atoms. The number of nitrogens with zero attached hydrogens (tertiary/aromatic N) is 2. The van der Waals surface area contributed by atoms with Gasteiger partial charge in [-0.3, -0.25) is 9.78 Å². The van der Waals surface area contributed by atoms with Gasteiger partial charge in [-0.1, -0.05) is 6.07 Å². The summed E-state index contributed by atoms with van der Waals surface area (Å²) in [5.74, 6) is 0.325. The Morgan fingerprint density at radius 2 is 1.92 bits per heavy atom. The molecule has 1 N–H and O–H groups in total. The molecule has 26 heavy (non-hydrogen) atoms. The number of amides is 1. The summed E-state index contributed by atoms with van der Waals surface area (Å²) in [6.07, 6.45) is 1.82. The first-order valence-electron chi connectivity index (χ1n) is 8.23. The minimum Gasteiger partial charge on any atom is -0.495 e. The highest BCUT2D eigenvalue weighted by Gasteiger charge is 2.13. The molecule has 0 fully saturated rings. The number of carbonyl (C=O) groups excluding carboxylic acids is 1. The molecule has 0 unspecified atom stereocenters. The Morgan fingerprint density at radius 3 is 2.58 bits per heavy atom. The molecule has 2 heterocycles. The summed E-state index contributed by atoms with van der Waals surface area (Å²) in [5.41, 5.74) is 5.06. The average Bonchev–Trinajstić information content (AvgIpc) is 2.62. The number of methoxy groups -OCH3 is 2. The van der Waals surface area contributed by atoms with E-state index in [4.69, 9.17) is 14.5 Å². The average molecular weight is 351 g/mol. The molecule has 0 radical (unpaired) electrons.